The SMILES string of the molecule is CNc1cc(COc2ccc(Cl)cc2C)ccn1. The van der Waals surface area contributed by atoms with Crippen LogP contribution in [0.1, 0.15) is 11.1 Å². The number of hydrogen-bond donors (Lipinski definition) is 1. The highest BCUT2D eigenvalue weighted by atomic mass is 35.5. The van der Waals surface area contributed by atoms with E-state index in [2.05, 4.69) is 10.3 Å². The van der Waals surface area contributed by atoms with E-state index in [4.69, 9.17) is 16.3 Å². The van der Waals surface area contributed by atoms with Crippen LogP contribution in [0.2, 0.25) is 5.02 Å². The zero-order valence-corrected chi connectivity index (χ0v) is 11.2. The third kappa shape index (κ3) is 3.14. The minimum Gasteiger partial charge on any atom is -0.489 e. The first-order valence-electron chi connectivity index (χ1n) is 5.70. The quantitative estimate of drug-likeness (QED) is 0.913. The average molecular weight is 263 g/mol. The topological polar surface area (TPSA) is 34.1 Å². The molecule has 0 aliphatic heterocycles. The van der Waals surface area contributed by atoms with Crippen LogP contribution in [0, 0.1) is 6.92 Å². The Hall–Kier alpha value is -1.74. The minimum absolute atomic E-state index is 0.514. The van der Waals surface area contributed by atoms with Crippen LogP contribution in [0.3, 0.4) is 0 Å². The summed E-state index contributed by atoms with van der Waals surface area (Å²) in [6.07, 6.45) is 1.76. The number of hydrogen-bond acceptors (Lipinski definition) is 3. The van der Waals surface area contributed by atoms with Gasteiger partial charge in [-0.15, -0.1) is 0 Å². The number of anilines is 1. The first kappa shape index (κ1) is 12.7. The highest BCUT2D eigenvalue weighted by Crippen LogP contribution is 2.22. The van der Waals surface area contributed by atoms with Gasteiger partial charge in [0.05, 0.1) is 0 Å². The molecule has 0 saturated heterocycles. The Morgan fingerprint density at radius 3 is 2.83 bits per heavy atom. The molecule has 0 unspecified atom stereocenters. The maximum Gasteiger partial charge on any atom is 0.126 e. The molecular formula is C14H15ClN2O. The predicted octanol–water partition coefficient (Wildman–Crippen LogP) is 3.66. The van der Waals surface area contributed by atoms with Crippen molar-refractivity contribution in [2.24, 2.45) is 0 Å². The molecule has 0 aliphatic rings. The second-order valence-electron chi connectivity index (χ2n) is 4.00. The fraction of sp³-hybridized carbons (Fsp3) is 0.214. The monoisotopic (exact) mass is 262 g/mol. The van der Waals surface area contributed by atoms with Gasteiger partial charge < -0.3 is 10.1 Å². The molecule has 4 heteroatoms. The first-order valence-corrected chi connectivity index (χ1v) is 6.08. The molecule has 1 aromatic carbocycles. The molecule has 0 fully saturated rings. The fourth-order valence-corrected chi connectivity index (χ4v) is 1.86. The van der Waals surface area contributed by atoms with E-state index < -0.39 is 0 Å². The Morgan fingerprint density at radius 1 is 1.28 bits per heavy atom. The Balaban J connectivity index is 2.06. The van der Waals surface area contributed by atoms with E-state index in [0.717, 1.165) is 27.7 Å². The van der Waals surface area contributed by atoms with Crippen LogP contribution in [0.25, 0.3) is 0 Å². The van der Waals surface area contributed by atoms with Crippen LogP contribution in [0.5, 0.6) is 5.75 Å². The van der Waals surface area contributed by atoms with Crippen LogP contribution in [-0.4, -0.2) is 12.0 Å². The van der Waals surface area contributed by atoms with Gasteiger partial charge in [-0.1, -0.05) is 11.6 Å². The van der Waals surface area contributed by atoms with Gasteiger partial charge in [-0.2, -0.15) is 0 Å². The summed E-state index contributed by atoms with van der Waals surface area (Å²) in [5.74, 6) is 1.69. The molecular weight excluding hydrogens is 248 g/mol. The number of aryl methyl sites for hydroxylation is 1. The molecule has 0 saturated carbocycles. The van der Waals surface area contributed by atoms with Crippen molar-refractivity contribution >= 4 is 17.4 Å². The highest BCUT2D eigenvalue weighted by Gasteiger charge is 2.02. The zero-order chi connectivity index (χ0) is 13.0. The normalized spacial score (nSPS) is 10.2. The summed E-state index contributed by atoms with van der Waals surface area (Å²) >= 11 is 5.90. The molecule has 0 amide bonds. The third-order valence-corrected chi connectivity index (χ3v) is 2.85. The van der Waals surface area contributed by atoms with E-state index in [0.29, 0.717) is 6.61 Å². The van der Waals surface area contributed by atoms with Gasteiger partial charge in [-0.3, -0.25) is 0 Å². The van der Waals surface area contributed by atoms with Gasteiger partial charge in [-0.25, -0.2) is 4.98 Å². The zero-order valence-electron chi connectivity index (χ0n) is 10.4. The molecule has 2 rings (SSSR count). The van der Waals surface area contributed by atoms with Crippen molar-refractivity contribution in [1.29, 1.82) is 0 Å². The van der Waals surface area contributed by atoms with Crippen molar-refractivity contribution in [1.82, 2.24) is 4.98 Å². The lowest BCUT2D eigenvalue weighted by atomic mass is 10.2. The molecule has 0 spiro atoms. The Kier molecular flexibility index (Phi) is 4.05. The lowest BCUT2D eigenvalue weighted by Gasteiger charge is -2.10. The molecule has 0 atom stereocenters. The maximum atomic E-state index is 5.90. The van der Waals surface area contributed by atoms with Gasteiger partial charge in [-0.05, 0) is 48.4 Å². The number of halogens is 1. The second-order valence-corrected chi connectivity index (χ2v) is 4.43. The van der Waals surface area contributed by atoms with E-state index >= 15 is 0 Å². The van der Waals surface area contributed by atoms with E-state index in [1.165, 1.54) is 0 Å². The van der Waals surface area contributed by atoms with Gasteiger partial charge in [0.1, 0.15) is 18.2 Å². The smallest absolute Gasteiger partial charge is 0.126 e. The fourth-order valence-electron chi connectivity index (χ4n) is 1.64. The van der Waals surface area contributed by atoms with E-state index in [1.807, 2.05) is 44.3 Å². The summed E-state index contributed by atoms with van der Waals surface area (Å²) in [4.78, 5) is 4.16. The summed E-state index contributed by atoms with van der Waals surface area (Å²) in [6, 6.07) is 9.51. The van der Waals surface area contributed by atoms with Crippen LogP contribution >= 0.6 is 11.6 Å². The lowest BCUT2D eigenvalue weighted by Crippen LogP contribution is -1.99. The van der Waals surface area contributed by atoms with Crippen LogP contribution in [0.4, 0.5) is 5.82 Å². The molecule has 1 aromatic heterocycles. The number of nitrogens with one attached hydrogen (secondary N) is 1. The molecule has 1 heterocycles. The van der Waals surface area contributed by atoms with E-state index in [9.17, 15) is 0 Å². The standard InChI is InChI=1S/C14H15ClN2O/c1-10-7-12(15)3-4-13(10)18-9-11-5-6-17-14(8-11)16-2/h3-8H,9H2,1-2H3,(H,16,17). The minimum atomic E-state index is 0.514. The van der Waals surface area contributed by atoms with Crippen molar-refractivity contribution in [3.8, 4) is 5.75 Å². The molecule has 1 N–H and O–H groups in total. The number of benzene rings is 1. The van der Waals surface area contributed by atoms with Crippen LogP contribution in [-0.2, 0) is 6.61 Å². The van der Waals surface area contributed by atoms with Crippen LogP contribution in [0.15, 0.2) is 36.5 Å². The third-order valence-electron chi connectivity index (χ3n) is 2.61. The number of ether oxygens (including phenoxy) is 1. The molecule has 0 radical (unpaired) electrons. The van der Waals surface area contributed by atoms with E-state index in [1.54, 1.807) is 6.20 Å². The average Bonchev–Trinajstić information content (AvgIpc) is 2.38. The van der Waals surface area contributed by atoms with Crippen molar-refractivity contribution in [3.63, 3.8) is 0 Å². The molecule has 18 heavy (non-hydrogen) atoms. The van der Waals surface area contributed by atoms with Gasteiger partial charge in [0, 0.05) is 18.3 Å². The molecule has 94 valence electrons. The molecule has 2 aromatic rings. The number of aromatic nitrogens is 1. The van der Waals surface area contributed by atoms with Crippen LogP contribution < -0.4 is 10.1 Å². The lowest BCUT2D eigenvalue weighted by molar-refractivity contribution is 0.304. The summed E-state index contributed by atoms with van der Waals surface area (Å²) in [5.41, 5.74) is 2.11. The maximum absolute atomic E-state index is 5.90. The largest absolute Gasteiger partial charge is 0.489 e. The van der Waals surface area contributed by atoms with Gasteiger partial charge >= 0.3 is 0 Å². The van der Waals surface area contributed by atoms with Crippen molar-refractivity contribution in [2.75, 3.05) is 12.4 Å². The second kappa shape index (κ2) is 5.74. The Labute approximate surface area is 112 Å². The first-order chi connectivity index (χ1) is 8.69. The van der Waals surface area contributed by atoms with Crippen molar-refractivity contribution in [2.45, 2.75) is 13.5 Å². The highest BCUT2D eigenvalue weighted by molar-refractivity contribution is 6.30. The number of nitrogens with zero attached hydrogens (tertiary/aromatic N) is 1. The van der Waals surface area contributed by atoms with Gasteiger partial charge in [0.25, 0.3) is 0 Å². The van der Waals surface area contributed by atoms with Gasteiger partial charge in [0.15, 0.2) is 0 Å². The van der Waals surface area contributed by atoms with Gasteiger partial charge in [0.2, 0.25) is 0 Å². The molecule has 0 bridgehead atoms. The molecule has 0 aliphatic carbocycles. The van der Waals surface area contributed by atoms with Crippen molar-refractivity contribution in [3.05, 3.63) is 52.7 Å². The summed E-state index contributed by atoms with van der Waals surface area (Å²) in [7, 11) is 1.84. The Morgan fingerprint density at radius 2 is 2.11 bits per heavy atom. The number of pyridine rings is 1. The van der Waals surface area contributed by atoms with Crippen molar-refractivity contribution < 1.29 is 4.74 Å². The Bertz CT molecular complexity index is 543. The molecule has 3 nitrogen and oxygen atoms in total. The van der Waals surface area contributed by atoms with E-state index in [-0.39, 0.29) is 0 Å². The summed E-state index contributed by atoms with van der Waals surface area (Å²) in [6.45, 7) is 2.49. The summed E-state index contributed by atoms with van der Waals surface area (Å²) < 4.78 is 5.76. The summed E-state index contributed by atoms with van der Waals surface area (Å²) in [5, 5.41) is 3.72. The predicted molar refractivity (Wildman–Crippen MR) is 74.3 cm³/mol. The number of rotatable bonds is 4.